The van der Waals surface area contributed by atoms with Gasteiger partial charge < -0.3 is 9.05 Å². The van der Waals surface area contributed by atoms with Gasteiger partial charge in [-0.15, -0.1) is 0 Å². The minimum absolute atomic E-state index is 0.479. The smallest absolute Gasteiger partial charge is 0.367 e. The fourth-order valence-corrected chi connectivity index (χ4v) is 3.98. The topological polar surface area (TPSA) is 35.5 Å². The minimum atomic E-state index is -2.47. The van der Waals surface area contributed by atoms with Gasteiger partial charge in [0.1, 0.15) is 5.75 Å². The number of aryl methyl sites for hydroxylation is 1. The molecule has 0 fully saturated rings. The van der Waals surface area contributed by atoms with E-state index in [0.29, 0.717) is 18.3 Å². The van der Waals surface area contributed by atoms with Crippen molar-refractivity contribution in [3.63, 3.8) is 0 Å². The highest BCUT2D eigenvalue weighted by Gasteiger charge is 2.09. The van der Waals surface area contributed by atoms with E-state index in [4.69, 9.17) is 9.05 Å². The largest absolute Gasteiger partial charge is 0.426 e. The van der Waals surface area contributed by atoms with Crippen LogP contribution in [0.4, 0.5) is 0 Å². The van der Waals surface area contributed by atoms with E-state index in [1.165, 1.54) is 63.4 Å². The van der Waals surface area contributed by atoms with Crippen molar-refractivity contribution in [2.75, 3.05) is 6.61 Å². The van der Waals surface area contributed by atoms with Crippen LogP contribution in [0.15, 0.2) is 24.3 Å². The van der Waals surface area contributed by atoms with Gasteiger partial charge in [0.05, 0.1) is 6.61 Å². The van der Waals surface area contributed by atoms with Crippen molar-refractivity contribution < 1.29 is 13.6 Å². The number of unbranched alkanes of at least 4 members (excludes halogenated alkanes) is 7. The van der Waals surface area contributed by atoms with Crippen molar-refractivity contribution in [2.45, 2.75) is 97.8 Å². The summed E-state index contributed by atoms with van der Waals surface area (Å²) in [5.74, 6) is 1.12. The lowest BCUT2D eigenvalue weighted by Gasteiger charge is -2.14. The molecule has 0 bridgehead atoms. The number of benzene rings is 1. The van der Waals surface area contributed by atoms with Gasteiger partial charge in [0.2, 0.25) is 0 Å². The van der Waals surface area contributed by atoms with Crippen molar-refractivity contribution in [1.82, 2.24) is 0 Å². The molecule has 0 saturated heterocycles. The fraction of sp³-hybridized carbons (Fsp3) is 0.739. The van der Waals surface area contributed by atoms with Crippen LogP contribution in [0, 0.1) is 5.92 Å². The monoisotopic (exact) mass is 396 g/mol. The third-order valence-corrected chi connectivity index (χ3v) is 5.98. The second kappa shape index (κ2) is 16.2. The maximum atomic E-state index is 12.1. The Labute approximate surface area is 168 Å². The zero-order valence-electron chi connectivity index (χ0n) is 17.8. The van der Waals surface area contributed by atoms with Gasteiger partial charge in [-0.2, -0.15) is 0 Å². The standard InChI is InChI=1S/C23H41O3P/c1-4-7-9-10-11-12-13-15-22-16-18-23(19-17-22)26-27(24)25-20-21(6-3)14-8-5-2/h16-19,21,27H,4-15,20H2,1-3H3. The second-order valence-corrected chi connectivity index (χ2v) is 8.59. The van der Waals surface area contributed by atoms with Gasteiger partial charge in [-0.3, -0.25) is 0 Å². The lowest BCUT2D eigenvalue weighted by Crippen LogP contribution is -2.06. The number of rotatable bonds is 17. The Kier molecular flexibility index (Phi) is 14.5. The molecule has 0 spiro atoms. The molecular weight excluding hydrogens is 355 g/mol. The Morgan fingerprint density at radius 2 is 1.48 bits per heavy atom. The average molecular weight is 397 g/mol. The summed E-state index contributed by atoms with van der Waals surface area (Å²) in [5, 5.41) is 0. The molecule has 0 amide bonds. The molecule has 0 aliphatic heterocycles. The predicted molar refractivity (Wildman–Crippen MR) is 117 cm³/mol. The summed E-state index contributed by atoms with van der Waals surface area (Å²) < 4.78 is 23.0. The molecule has 4 heteroatoms. The van der Waals surface area contributed by atoms with Crippen LogP contribution in [0.2, 0.25) is 0 Å². The fourth-order valence-electron chi connectivity index (χ4n) is 3.22. The molecule has 1 rings (SSSR count). The zero-order valence-corrected chi connectivity index (χ0v) is 18.8. The van der Waals surface area contributed by atoms with Crippen LogP contribution >= 0.6 is 8.25 Å². The quantitative estimate of drug-likeness (QED) is 0.198. The first-order chi connectivity index (χ1) is 13.2. The minimum Gasteiger partial charge on any atom is -0.426 e. The normalized spacial score (nSPS) is 13.4. The van der Waals surface area contributed by atoms with Gasteiger partial charge in [0.15, 0.2) is 0 Å². The lowest BCUT2D eigenvalue weighted by molar-refractivity contribution is 0.221. The van der Waals surface area contributed by atoms with Crippen LogP contribution in [0.25, 0.3) is 0 Å². The molecule has 0 aliphatic carbocycles. The van der Waals surface area contributed by atoms with Crippen molar-refractivity contribution in [2.24, 2.45) is 5.92 Å². The highest BCUT2D eigenvalue weighted by molar-refractivity contribution is 7.33. The van der Waals surface area contributed by atoms with Gasteiger partial charge in [-0.05, 0) is 42.9 Å². The predicted octanol–water partition coefficient (Wildman–Crippen LogP) is 7.98. The first kappa shape index (κ1) is 24.2. The first-order valence-corrected chi connectivity index (χ1v) is 12.4. The van der Waals surface area contributed by atoms with Crippen molar-refractivity contribution in [3.8, 4) is 5.75 Å². The number of hydrogen-bond acceptors (Lipinski definition) is 3. The molecule has 1 aromatic carbocycles. The number of hydrogen-bond donors (Lipinski definition) is 0. The average Bonchev–Trinajstić information content (AvgIpc) is 2.68. The van der Waals surface area contributed by atoms with E-state index in [2.05, 4.69) is 32.9 Å². The third kappa shape index (κ3) is 12.3. The van der Waals surface area contributed by atoms with Crippen LogP contribution in [0.5, 0.6) is 5.75 Å². The van der Waals surface area contributed by atoms with Gasteiger partial charge in [-0.25, -0.2) is 4.57 Å². The van der Waals surface area contributed by atoms with Gasteiger partial charge in [0, 0.05) is 0 Å². The molecular formula is C23H41O3P. The van der Waals surface area contributed by atoms with Crippen molar-refractivity contribution >= 4 is 8.25 Å². The summed E-state index contributed by atoms with van der Waals surface area (Å²) in [5.41, 5.74) is 1.32. The Morgan fingerprint density at radius 1 is 0.852 bits per heavy atom. The maximum absolute atomic E-state index is 12.1. The summed E-state index contributed by atoms with van der Waals surface area (Å²) in [6.45, 7) is 7.14. The van der Waals surface area contributed by atoms with E-state index in [-0.39, 0.29) is 0 Å². The van der Waals surface area contributed by atoms with Crippen LogP contribution in [0.1, 0.15) is 97.0 Å². The van der Waals surface area contributed by atoms with Crippen molar-refractivity contribution in [3.05, 3.63) is 29.8 Å². The van der Waals surface area contributed by atoms with E-state index in [1.54, 1.807) is 0 Å². The third-order valence-electron chi connectivity index (χ3n) is 5.17. The van der Waals surface area contributed by atoms with Gasteiger partial charge in [-0.1, -0.05) is 90.7 Å². The summed E-state index contributed by atoms with van der Waals surface area (Å²) in [7, 11) is -2.47. The molecule has 27 heavy (non-hydrogen) atoms. The van der Waals surface area contributed by atoms with Crippen LogP contribution < -0.4 is 4.52 Å². The van der Waals surface area contributed by atoms with Gasteiger partial charge >= 0.3 is 8.25 Å². The SMILES string of the molecule is CCCCCCCCCc1ccc(O[PH](=O)OCC(CC)CCCC)cc1. The highest BCUT2D eigenvalue weighted by atomic mass is 31.1. The molecule has 3 nitrogen and oxygen atoms in total. The van der Waals surface area contributed by atoms with Crippen LogP contribution in [0.3, 0.4) is 0 Å². The Morgan fingerprint density at radius 3 is 2.11 bits per heavy atom. The Hall–Kier alpha value is -0.790. The highest BCUT2D eigenvalue weighted by Crippen LogP contribution is 2.30. The molecule has 0 saturated carbocycles. The molecule has 0 heterocycles. The molecule has 1 aromatic rings. The molecule has 0 radical (unpaired) electrons. The molecule has 0 N–H and O–H groups in total. The second-order valence-electron chi connectivity index (χ2n) is 7.59. The lowest BCUT2D eigenvalue weighted by atomic mass is 10.0. The van der Waals surface area contributed by atoms with E-state index in [9.17, 15) is 4.57 Å². The molecule has 156 valence electrons. The van der Waals surface area contributed by atoms with Crippen LogP contribution in [-0.2, 0) is 15.5 Å². The molecule has 2 unspecified atom stereocenters. The zero-order chi connectivity index (χ0) is 19.7. The van der Waals surface area contributed by atoms with E-state index < -0.39 is 8.25 Å². The molecule has 0 aromatic heterocycles. The summed E-state index contributed by atoms with van der Waals surface area (Å²) in [6.07, 6.45) is 15.0. The van der Waals surface area contributed by atoms with Gasteiger partial charge in [0.25, 0.3) is 0 Å². The van der Waals surface area contributed by atoms with E-state index in [1.807, 2.05) is 12.1 Å². The Bertz CT molecular complexity index is 487. The van der Waals surface area contributed by atoms with E-state index >= 15 is 0 Å². The first-order valence-electron chi connectivity index (χ1n) is 11.1. The summed E-state index contributed by atoms with van der Waals surface area (Å²) >= 11 is 0. The Balaban J connectivity index is 2.22. The van der Waals surface area contributed by atoms with E-state index in [0.717, 1.165) is 19.3 Å². The van der Waals surface area contributed by atoms with Crippen LogP contribution in [-0.4, -0.2) is 6.61 Å². The van der Waals surface area contributed by atoms with Crippen molar-refractivity contribution in [1.29, 1.82) is 0 Å². The summed E-state index contributed by atoms with van der Waals surface area (Å²) in [6, 6.07) is 7.99. The molecule has 0 aliphatic rings. The maximum Gasteiger partial charge on any atom is 0.367 e. The summed E-state index contributed by atoms with van der Waals surface area (Å²) in [4.78, 5) is 0. The molecule has 2 atom stereocenters.